The maximum Gasteiger partial charge on any atom is 0.317 e. The molecule has 2 aromatic carbocycles. The maximum absolute atomic E-state index is 12.6. The Labute approximate surface area is 159 Å². The van der Waals surface area contributed by atoms with Gasteiger partial charge in [-0.05, 0) is 41.3 Å². The standard InChI is InChI=1S/C21H24N2O4/c1-25-19-10-14-7-8-23(13-16(14)11-20(19)26-2)21(24)22-12-17-9-15-5-3-4-6-18(15)27-17/h3-6,10-11,17H,7-9,12-13H2,1-2H3,(H,22,24)/t17-/m1/s1. The summed E-state index contributed by atoms with van der Waals surface area (Å²) in [7, 11) is 3.26. The Balaban J connectivity index is 1.36. The van der Waals surface area contributed by atoms with Gasteiger partial charge in [-0.25, -0.2) is 4.79 Å². The molecule has 27 heavy (non-hydrogen) atoms. The van der Waals surface area contributed by atoms with E-state index < -0.39 is 0 Å². The van der Waals surface area contributed by atoms with Crippen molar-refractivity contribution >= 4 is 6.03 Å². The second-order valence-electron chi connectivity index (χ2n) is 6.89. The molecule has 1 N–H and O–H groups in total. The highest BCUT2D eigenvalue weighted by Crippen LogP contribution is 2.33. The Morgan fingerprint density at radius 1 is 1.15 bits per heavy atom. The molecule has 0 saturated carbocycles. The average Bonchev–Trinajstić information content (AvgIpc) is 3.13. The van der Waals surface area contributed by atoms with Crippen LogP contribution in [0, 0.1) is 0 Å². The number of hydrogen-bond donors (Lipinski definition) is 1. The monoisotopic (exact) mass is 368 g/mol. The molecular weight excluding hydrogens is 344 g/mol. The highest BCUT2D eigenvalue weighted by molar-refractivity contribution is 5.74. The van der Waals surface area contributed by atoms with Gasteiger partial charge < -0.3 is 24.4 Å². The van der Waals surface area contributed by atoms with Crippen LogP contribution in [0.1, 0.15) is 16.7 Å². The van der Waals surface area contributed by atoms with E-state index in [4.69, 9.17) is 14.2 Å². The van der Waals surface area contributed by atoms with Crippen molar-refractivity contribution in [3.8, 4) is 17.2 Å². The van der Waals surface area contributed by atoms with Crippen LogP contribution in [0.3, 0.4) is 0 Å². The zero-order chi connectivity index (χ0) is 18.8. The van der Waals surface area contributed by atoms with Crippen LogP contribution in [0.25, 0.3) is 0 Å². The number of ether oxygens (including phenoxy) is 3. The Morgan fingerprint density at radius 2 is 1.89 bits per heavy atom. The third-order valence-electron chi connectivity index (χ3n) is 5.20. The number of urea groups is 1. The number of para-hydroxylation sites is 1. The summed E-state index contributed by atoms with van der Waals surface area (Å²) < 4.78 is 16.6. The molecule has 142 valence electrons. The Bertz CT molecular complexity index is 827. The number of fused-ring (bicyclic) bond motifs is 2. The first kappa shape index (κ1) is 17.5. The van der Waals surface area contributed by atoms with Crippen molar-refractivity contribution in [1.82, 2.24) is 10.2 Å². The van der Waals surface area contributed by atoms with E-state index in [-0.39, 0.29) is 12.1 Å². The molecular formula is C21H24N2O4. The fraction of sp³-hybridized carbons (Fsp3) is 0.381. The Hall–Kier alpha value is -2.89. The fourth-order valence-electron chi connectivity index (χ4n) is 3.74. The highest BCUT2D eigenvalue weighted by atomic mass is 16.5. The number of amides is 2. The molecule has 2 aliphatic rings. The van der Waals surface area contributed by atoms with E-state index in [0.29, 0.717) is 25.4 Å². The van der Waals surface area contributed by atoms with Crippen LogP contribution in [0.2, 0.25) is 0 Å². The fourth-order valence-corrected chi connectivity index (χ4v) is 3.74. The number of nitrogens with one attached hydrogen (secondary N) is 1. The van der Waals surface area contributed by atoms with Crippen molar-refractivity contribution in [3.63, 3.8) is 0 Å². The Kier molecular flexibility index (Phi) is 4.79. The van der Waals surface area contributed by atoms with E-state index in [1.807, 2.05) is 35.2 Å². The van der Waals surface area contributed by atoms with Crippen molar-refractivity contribution < 1.29 is 19.0 Å². The van der Waals surface area contributed by atoms with E-state index in [2.05, 4.69) is 11.4 Å². The molecule has 6 nitrogen and oxygen atoms in total. The molecule has 0 aliphatic carbocycles. The molecule has 2 heterocycles. The smallest absolute Gasteiger partial charge is 0.317 e. The molecule has 6 heteroatoms. The van der Waals surface area contributed by atoms with Crippen molar-refractivity contribution in [3.05, 3.63) is 53.1 Å². The minimum Gasteiger partial charge on any atom is -0.493 e. The summed E-state index contributed by atoms with van der Waals surface area (Å²) in [5.74, 6) is 2.34. The highest BCUT2D eigenvalue weighted by Gasteiger charge is 2.26. The molecule has 1 atom stereocenters. The number of benzene rings is 2. The van der Waals surface area contributed by atoms with Crippen LogP contribution in [-0.4, -0.2) is 44.3 Å². The third kappa shape index (κ3) is 3.52. The van der Waals surface area contributed by atoms with Gasteiger partial charge in [-0.1, -0.05) is 18.2 Å². The van der Waals surface area contributed by atoms with E-state index in [0.717, 1.165) is 29.9 Å². The quantitative estimate of drug-likeness (QED) is 0.902. The van der Waals surface area contributed by atoms with Gasteiger partial charge in [-0.3, -0.25) is 0 Å². The van der Waals surface area contributed by atoms with Gasteiger partial charge in [-0.2, -0.15) is 0 Å². The first-order valence-electron chi connectivity index (χ1n) is 9.19. The van der Waals surface area contributed by atoms with Crippen LogP contribution in [-0.2, 0) is 19.4 Å². The number of carbonyl (C=O) groups is 1. The predicted molar refractivity (Wildman–Crippen MR) is 102 cm³/mol. The van der Waals surface area contributed by atoms with Crippen LogP contribution >= 0.6 is 0 Å². The van der Waals surface area contributed by atoms with Crippen molar-refractivity contribution in [2.24, 2.45) is 0 Å². The van der Waals surface area contributed by atoms with Crippen molar-refractivity contribution in [2.45, 2.75) is 25.5 Å². The number of nitrogens with zero attached hydrogens (tertiary/aromatic N) is 1. The molecule has 0 saturated heterocycles. The lowest BCUT2D eigenvalue weighted by Gasteiger charge is -2.30. The molecule has 4 rings (SSSR count). The number of carbonyl (C=O) groups excluding carboxylic acids is 1. The second-order valence-corrected chi connectivity index (χ2v) is 6.89. The summed E-state index contributed by atoms with van der Waals surface area (Å²) in [4.78, 5) is 14.4. The van der Waals surface area contributed by atoms with E-state index in [1.54, 1.807) is 14.2 Å². The second kappa shape index (κ2) is 7.39. The predicted octanol–water partition coefficient (Wildman–Crippen LogP) is 2.78. The lowest BCUT2D eigenvalue weighted by Crippen LogP contribution is -2.45. The zero-order valence-corrected chi connectivity index (χ0v) is 15.7. The van der Waals surface area contributed by atoms with E-state index in [1.165, 1.54) is 11.1 Å². The van der Waals surface area contributed by atoms with E-state index >= 15 is 0 Å². The molecule has 0 bridgehead atoms. The van der Waals surface area contributed by atoms with Crippen LogP contribution in [0.5, 0.6) is 17.2 Å². The topological polar surface area (TPSA) is 60.0 Å². The zero-order valence-electron chi connectivity index (χ0n) is 15.7. The summed E-state index contributed by atoms with van der Waals surface area (Å²) in [5, 5.41) is 3.02. The van der Waals surface area contributed by atoms with Gasteiger partial charge in [-0.15, -0.1) is 0 Å². The molecule has 0 spiro atoms. The van der Waals surface area contributed by atoms with Gasteiger partial charge in [0.25, 0.3) is 0 Å². The first-order chi connectivity index (χ1) is 13.2. The number of hydrogen-bond acceptors (Lipinski definition) is 4. The SMILES string of the molecule is COc1cc2c(cc1OC)CN(C(=O)NC[C@H]1Cc3ccccc3O1)CC2. The maximum atomic E-state index is 12.6. The molecule has 2 aromatic rings. The average molecular weight is 368 g/mol. The minimum absolute atomic E-state index is 0.00668. The lowest BCUT2D eigenvalue weighted by molar-refractivity contribution is 0.180. The summed E-state index contributed by atoms with van der Waals surface area (Å²) in [5.41, 5.74) is 3.49. The van der Waals surface area contributed by atoms with Gasteiger partial charge >= 0.3 is 6.03 Å². The normalized spacial score (nSPS) is 17.6. The van der Waals surface area contributed by atoms with Crippen LogP contribution < -0.4 is 19.5 Å². The third-order valence-corrected chi connectivity index (χ3v) is 5.20. The van der Waals surface area contributed by atoms with Crippen LogP contribution in [0.15, 0.2) is 36.4 Å². The largest absolute Gasteiger partial charge is 0.493 e. The lowest BCUT2D eigenvalue weighted by atomic mass is 9.99. The van der Waals surface area contributed by atoms with Crippen molar-refractivity contribution in [1.29, 1.82) is 0 Å². The first-order valence-corrected chi connectivity index (χ1v) is 9.19. The summed E-state index contributed by atoms with van der Waals surface area (Å²) in [6.45, 7) is 1.75. The van der Waals surface area contributed by atoms with Gasteiger partial charge in [0.1, 0.15) is 11.9 Å². The molecule has 0 aromatic heterocycles. The van der Waals surface area contributed by atoms with Gasteiger partial charge in [0.2, 0.25) is 0 Å². The van der Waals surface area contributed by atoms with E-state index in [9.17, 15) is 4.79 Å². The van der Waals surface area contributed by atoms with Crippen LogP contribution in [0.4, 0.5) is 4.79 Å². The summed E-state index contributed by atoms with van der Waals surface area (Å²) >= 11 is 0. The molecule has 2 amide bonds. The van der Waals surface area contributed by atoms with Gasteiger partial charge in [0.05, 0.1) is 20.8 Å². The van der Waals surface area contributed by atoms with Crippen molar-refractivity contribution in [2.75, 3.05) is 27.3 Å². The summed E-state index contributed by atoms with van der Waals surface area (Å²) in [6.07, 6.45) is 1.62. The van der Waals surface area contributed by atoms with Gasteiger partial charge in [0.15, 0.2) is 11.5 Å². The van der Waals surface area contributed by atoms with Gasteiger partial charge in [0, 0.05) is 19.5 Å². The number of methoxy groups -OCH3 is 2. The molecule has 0 unspecified atom stereocenters. The molecule has 0 radical (unpaired) electrons. The number of rotatable bonds is 4. The minimum atomic E-state index is -0.0602. The Morgan fingerprint density at radius 3 is 2.63 bits per heavy atom. The molecule has 0 fully saturated rings. The molecule has 2 aliphatic heterocycles. The summed E-state index contributed by atoms with van der Waals surface area (Å²) in [6, 6.07) is 11.9.